The summed E-state index contributed by atoms with van der Waals surface area (Å²) in [5.41, 5.74) is 2.32. The Balaban J connectivity index is 1.26. The molecule has 7 atom stereocenters. The van der Waals surface area contributed by atoms with E-state index in [2.05, 4.69) is 42.2 Å². The lowest BCUT2D eigenvalue weighted by Crippen LogP contribution is -2.82. The number of fused-ring (bicyclic) bond motifs is 2. The van der Waals surface area contributed by atoms with Gasteiger partial charge in [-0.1, -0.05) is 36.4 Å². The van der Waals surface area contributed by atoms with E-state index in [1.54, 1.807) is 0 Å². The van der Waals surface area contributed by atoms with Crippen LogP contribution in [0.2, 0.25) is 0 Å². The van der Waals surface area contributed by atoms with Crippen molar-refractivity contribution < 1.29 is 19.7 Å². The summed E-state index contributed by atoms with van der Waals surface area (Å²) in [5, 5.41) is 23.4. The van der Waals surface area contributed by atoms with E-state index in [4.69, 9.17) is 9.47 Å². The first-order valence-corrected chi connectivity index (χ1v) is 14.9. The largest absolute Gasteiger partial charge is 0.504 e. The summed E-state index contributed by atoms with van der Waals surface area (Å²) in [6, 6.07) is 15.0. The van der Waals surface area contributed by atoms with Crippen LogP contribution in [0.1, 0.15) is 68.6 Å². The average molecular weight is 516 g/mol. The van der Waals surface area contributed by atoms with E-state index in [1.165, 1.54) is 36.1 Å². The highest BCUT2D eigenvalue weighted by atomic mass is 16.6. The quantitative estimate of drug-likeness (QED) is 0.543. The molecule has 9 rings (SSSR count). The van der Waals surface area contributed by atoms with Gasteiger partial charge in [-0.3, -0.25) is 4.90 Å². The lowest BCUT2D eigenvalue weighted by atomic mass is 9.33. The molecule has 5 heteroatoms. The molecule has 2 aromatic rings. The summed E-state index contributed by atoms with van der Waals surface area (Å²) in [5.74, 6) is 1.79. The number of piperidine rings is 1. The smallest absolute Gasteiger partial charge is 0.165 e. The van der Waals surface area contributed by atoms with Crippen molar-refractivity contribution in [1.82, 2.24) is 4.90 Å². The zero-order chi connectivity index (χ0) is 25.9. The highest BCUT2D eigenvalue weighted by Crippen LogP contribution is 2.77. The van der Waals surface area contributed by atoms with Crippen LogP contribution in [0.25, 0.3) is 0 Å². The first kappa shape index (κ1) is 23.8. The Labute approximate surface area is 226 Å². The molecule has 2 spiro atoms. The van der Waals surface area contributed by atoms with E-state index in [-0.39, 0.29) is 28.6 Å². The Morgan fingerprint density at radius 3 is 2.68 bits per heavy atom. The second-order valence-corrected chi connectivity index (χ2v) is 13.7. The second kappa shape index (κ2) is 7.77. The predicted molar refractivity (Wildman–Crippen MR) is 146 cm³/mol. The number of hydrogen-bond donors (Lipinski definition) is 2. The van der Waals surface area contributed by atoms with Crippen LogP contribution in [-0.4, -0.2) is 58.7 Å². The predicted octanol–water partition coefficient (Wildman–Crippen LogP) is 5.00. The monoisotopic (exact) mass is 515 g/mol. The molecule has 0 amide bonds. The lowest BCUT2D eigenvalue weighted by Gasteiger charge is -2.75. The number of aromatic hydroxyl groups is 1. The maximum atomic E-state index is 12.3. The van der Waals surface area contributed by atoms with Crippen molar-refractivity contribution in [3.8, 4) is 11.5 Å². The Bertz CT molecular complexity index is 1270. The fourth-order valence-corrected chi connectivity index (χ4v) is 10.3. The van der Waals surface area contributed by atoms with Crippen LogP contribution in [0.4, 0.5) is 0 Å². The van der Waals surface area contributed by atoms with E-state index in [9.17, 15) is 10.2 Å². The number of ether oxygens (including phenoxy) is 2. The van der Waals surface area contributed by atoms with Gasteiger partial charge in [-0.2, -0.15) is 0 Å². The minimum atomic E-state index is -0.892. The molecule has 0 aromatic heterocycles. The third-order valence-corrected chi connectivity index (χ3v) is 12.2. The van der Waals surface area contributed by atoms with Crippen LogP contribution < -0.4 is 4.74 Å². The van der Waals surface area contributed by atoms with Crippen LogP contribution in [0, 0.1) is 17.3 Å². The van der Waals surface area contributed by atoms with Crippen molar-refractivity contribution >= 4 is 0 Å². The Morgan fingerprint density at radius 2 is 1.92 bits per heavy atom. The summed E-state index contributed by atoms with van der Waals surface area (Å²) in [6.07, 6.45) is 9.13. The Morgan fingerprint density at radius 1 is 1.11 bits per heavy atom. The van der Waals surface area contributed by atoms with Crippen LogP contribution in [0.3, 0.4) is 0 Å². The summed E-state index contributed by atoms with van der Waals surface area (Å²) in [7, 11) is 1.84. The van der Waals surface area contributed by atoms with E-state index >= 15 is 0 Å². The molecule has 2 aliphatic heterocycles. The summed E-state index contributed by atoms with van der Waals surface area (Å²) in [6.45, 7) is 4.35. The van der Waals surface area contributed by atoms with E-state index < -0.39 is 11.2 Å². The fraction of sp³-hybridized carbons (Fsp3) is 0.636. The van der Waals surface area contributed by atoms with Crippen LogP contribution >= 0.6 is 0 Å². The van der Waals surface area contributed by atoms with E-state index in [0.717, 1.165) is 51.0 Å². The number of phenolic OH excluding ortho intramolecular Hbond substituents is 1. The molecule has 0 radical (unpaired) electrons. The van der Waals surface area contributed by atoms with Crippen molar-refractivity contribution in [1.29, 1.82) is 0 Å². The van der Waals surface area contributed by atoms with Gasteiger partial charge in [0.25, 0.3) is 0 Å². The maximum Gasteiger partial charge on any atom is 0.165 e. The van der Waals surface area contributed by atoms with Crippen LogP contribution in [0.15, 0.2) is 42.5 Å². The molecule has 2 aromatic carbocycles. The minimum Gasteiger partial charge on any atom is -0.504 e. The van der Waals surface area contributed by atoms with E-state index in [0.29, 0.717) is 18.2 Å². The van der Waals surface area contributed by atoms with Crippen LogP contribution in [0.5, 0.6) is 11.5 Å². The third kappa shape index (κ3) is 2.83. The SMILES string of the molecule is CO[C@]12CC[C@@]3(C[C@@H]1[C@](C)(O)CCc1ccccc1)[C@H]1Cc4ccc(O)c5c4[C@@]3(CCN1CC1CC1)[C@H]2O5. The molecule has 5 aliphatic carbocycles. The standard InChI is InChI=1S/C33H41NO4/c1-30(36,13-12-21-6-4-3-5-7-21)25-19-31-14-15-33(25,37-2)29-32(31)16-17-34(20-22-8-9-22)26(31)18-23-10-11-24(35)28(38-29)27(23)32/h3-7,10-11,22,25-26,29,35-36H,8-9,12-20H2,1-2H3/t25-,26-,29-,30-,31-,32+,33-/m1/s1. The minimum absolute atomic E-state index is 0.0263. The second-order valence-electron chi connectivity index (χ2n) is 13.7. The van der Waals surface area contributed by atoms with Gasteiger partial charge in [-0.25, -0.2) is 0 Å². The number of phenols is 1. The Kier molecular flexibility index (Phi) is 4.86. The molecule has 2 heterocycles. The fourth-order valence-electron chi connectivity index (χ4n) is 10.3. The highest BCUT2D eigenvalue weighted by Gasteiger charge is 2.81. The highest BCUT2D eigenvalue weighted by molar-refractivity contribution is 5.63. The first-order valence-electron chi connectivity index (χ1n) is 14.9. The number of aryl methyl sites for hydroxylation is 1. The van der Waals surface area contributed by atoms with Gasteiger partial charge in [0.2, 0.25) is 0 Å². The van der Waals surface area contributed by atoms with Gasteiger partial charge < -0.3 is 19.7 Å². The molecular formula is C33H41NO4. The van der Waals surface area contributed by atoms with Crippen molar-refractivity contribution in [2.75, 3.05) is 20.2 Å². The first-order chi connectivity index (χ1) is 18.3. The zero-order valence-electron chi connectivity index (χ0n) is 22.8. The number of likely N-dealkylation sites (tertiary alicyclic amines) is 1. The molecular weight excluding hydrogens is 474 g/mol. The summed E-state index contributed by atoms with van der Waals surface area (Å²) in [4.78, 5) is 2.83. The molecule has 1 saturated heterocycles. The summed E-state index contributed by atoms with van der Waals surface area (Å²) < 4.78 is 13.6. The van der Waals surface area contributed by atoms with Gasteiger partial charge in [-0.15, -0.1) is 0 Å². The number of benzene rings is 2. The molecule has 5 nitrogen and oxygen atoms in total. The molecule has 4 bridgehead atoms. The van der Waals surface area contributed by atoms with Crippen molar-refractivity contribution in [2.45, 2.75) is 93.5 Å². The molecule has 2 N–H and O–H groups in total. The average Bonchev–Trinajstić information content (AvgIpc) is 3.67. The lowest BCUT2D eigenvalue weighted by molar-refractivity contribution is -0.302. The Hall–Kier alpha value is -2.08. The van der Waals surface area contributed by atoms with Gasteiger partial charge >= 0.3 is 0 Å². The van der Waals surface area contributed by atoms with Gasteiger partial charge in [0.15, 0.2) is 11.5 Å². The van der Waals surface area contributed by atoms with Crippen LogP contribution in [-0.2, 0) is 23.0 Å². The number of aliphatic hydroxyl groups is 1. The van der Waals surface area contributed by atoms with E-state index in [1.807, 2.05) is 19.2 Å². The van der Waals surface area contributed by atoms with Crippen molar-refractivity contribution in [2.24, 2.45) is 17.3 Å². The van der Waals surface area contributed by atoms with Gasteiger partial charge in [0, 0.05) is 42.0 Å². The summed E-state index contributed by atoms with van der Waals surface area (Å²) >= 11 is 0. The number of hydrogen-bond acceptors (Lipinski definition) is 5. The van der Waals surface area contributed by atoms with Crippen molar-refractivity contribution in [3.63, 3.8) is 0 Å². The molecule has 5 fully saturated rings. The molecule has 7 aliphatic rings. The van der Waals surface area contributed by atoms with Gasteiger partial charge in [0.05, 0.1) is 5.60 Å². The molecule has 202 valence electrons. The van der Waals surface area contributed by atoms with Crippen molar-refractivity contribution in [3.05, 3.63) is 59.2 Å². The van der Waals surface area contributed by atoms with Gasteiger partial charge in [-0.05, 0) is 94.4 Å². The third-order valence-electron chi connectivity index (χ3n) is 12.2. The zero-order valence-corrected chi connectivity index (χ0v) is 22.8. The molecule has 4 saturated carbocycles. The topological polar surface area (TPSA) is 62.2 Å². The molecule has 0 unspecified atom stereocenters. The molecule has 38 heavy (non-hydrogen) atoms. The van der Waals surface area contributed by atoms with Gasteiger partial charge in [0.1, 0.15) is 11.7 Å². The number of rotatable bonds is 7. The normalized spacial score (nSPS) is 39.9. The number of nitrogens with zero attached hydrogens (tertiary/aromatic N) is 1. The maximum absolute atomic E-state index is 12.3. The number of methoxy groups -OCH3 is 1.